The molecule has 5 fully saturated rings. The number of halogens is 2. The molecule has 6 rings (SSSR count). The van der Waals surface area contributed by atoms with Crippen LogP contribution in [0.4, 0.5) is 5.69 Å². The first-order valence-corrected chi connectivity index (χ1v) is 11.0. The van der Waals surface area contributed by atoms with E-state index < -0.39 is 0 Å². The molecule has 29 heavy (non-hydrogen) atoms. The van der Waals surface area contributed by atoms with Gasteiger partial charge in [0.2, 0.25) is 0 Å². The quantitative estimate of drug-likeness (QED) is 0.721. The van der Waals surface area contributed by atoms with E-state index in [-0.39, 0.29) is 36.5 Å². The van der Waals surface area contributed by atoms with E-state index in [0.29, 0.717) is 6.61 Å². The average Bonchev–Trinajstić information content (AvgIpc) is 2.67. The minimum Gasteiger partial charge on any atom is -0.389 e. The number of para-hydroxylation sites is 1. The summed E-state index contributed by atoms with van der Waals surface area (Å²) in [5.41, 5.74) is 1.42. The highest BCUT2D eigenvalue weighted by molar-refractivity contribution is 5.85. The summed E-state index contributed by atoms with van der Waals surface area (Å²) in [7, 11) is 0. The Morgan fingerprint density at radius 1 is 0.897 bits per heavy atom. The van der Waals surface area contributed by atoms with Crippen molar-refractivity contribution in [2.45, 2.75) is 50.2 Å². The predicted octanol–water partition coefficient (Wildman–Crippen LogP) is 4.00. The molecule has 4 nitrogen and oxygen atoms in total. The van der Waals surface area contributed by atoms with E-state index in [2.05, 4.69) is 40.1 Å². The Labute approximate surface area is 187 Å². The second kappa shape index (κ2) is 9.74. The number of hydrogen-bond donors (Lipinski definition) is 1. The molecule has 1 N–H and O–H groups in total. The van der Waals surface area contributed by atoms with Crippen LogP contribution in [0, 0.1) is 17.8 Å². The largest absolute Gasteiger partial charge is 0.389 e. The number of nitrogens with zero attached hydrogens (tertiary/aromatic N) is 2. The number of β-amino-alcohol motifs (C(OH)–C–C–N with tert-alkyl or cyclic N) is 1. The van der Waals surface area contributed by atoms with Crippen LogP contribution in [0.1, 0.15) is 38.5 Å². The highest BCUT2D eigenvalue weighted by Crippen LogP contribution is 2.57. The summed E-state index contributed by atoms with van der Waals surface area (Å²) in [5.74, 6) is 2.71. The zero-order chi connectivity index (χ0) is 18.3. The second-order valence-electron chi connectivity index (χ2n) is 9.69. The van der Waals surface area contributed by atoms with Crippen molar-refractivity contribution in [2.75, 3.05) is 44.2 Å². The van der Waals surface area contributed by atoms with Crippen LogP contribution in [0.25, 0.3) is 0 Å². The molecular formula is C23H36Cl2N2O2. The van der Waals surface area contributed by atoms with Crippen LogP contribution >= 0.6 is 24.8 Å². The lowest BCUT2D eigenvalue weighted by molar-refractivity contribution is -0.176. The number of aliphatic hydroxyl groups is 1. The van der Waals surface area contributed by atoms with Gasteiger partial charge in [-0.05, 0) is 68.4 Å². The Morgan fingerprint density at radius 3 is 2.00 bits per heavy atom. The average molecular weight is 443 g/mol. The summed E-state index contributed by atoms with van der Waals surface area (Å²) in [6.07, 6.45) is 7.72. The highest BCUT2D eigenvalue weighted by Gasteiger charge is 2.51. The molecule has 1 aliphatic heterocycles. The fraction of sp³-hybridized carbons (Fsp3) is 0.739. The number of hydrogen-bond acceptors (Lipinski definition) is 4. The van der Waals surface area contributed by atoms with Crippen molar-refractivity contribution in [3.8, 4) is 0 Å². The number of aliphatic hydroxyl groups excluding tert-OH is 1. The maximum Gasteiger partial charge on any atom is 0.0900 e. The van der Waals surface area contributed by atoms with Gasteiger partial charge in [0.15, 0.2) is 0 Å². The topological polar surface area (TPSA) is 35.9 Å². The highest BCUT2D eigenvalue weighted by atomic mass is 35.5. The number of piperazine rings is 1. The number of ether oxygens (including phenoxy) is 1. The van der Waals surface area contributed by atoms with E-state index in [1.165, 1.54) is 44.2 Å². The number of benzene rings is 1. The molecule has 0 amide bonds. The lowest BCUT2D eigenvalue weighted by Crippen LogP contribution is -2.53. The molecular weight excluding hydrogens is 407 g/mol. The van der Waals surface area contributed by atoms with Crippen LogP contribution < -0.4 is 4.90 Å². The van der Waals surface area contributed by atoms with Crippen LogP contribution in [0.2, 0.25) is 0 Å². The summed E-state index contributed by atoms with van der Waals surface area (Å²) in [5, 5.41) is 10.6. The summed E-state index contributed by atoms with van der Waals surface area (Å²) in [4.78, 5) is 4.84. The normalized spacial score (nSPS) is 34.4. The molecule has 4 saturated carbocycles. The van der Waals surface area contributed by atoms with Gasteiger partial charge in [-0.2, -0.15) is 0 Å². The lowest BCUT2D eigenvalue weighted by Gasteiger charge is -2.56. The van der Waals surface area contributed by atoms with Gasteiger partial charge in [-0.25, -0.2) is 0 Å². The standard InChI is InChI=1S/C23H34N2O2.2ClH/c26-22(16-24-6-8-25(9-7-24)21-4-2-1-3-5-21)17-27-23-13-18-10-19(14-23)12-20(11-18)15-23;;/h1-5,18-20,22,26H,6-17H2;2*1H. The molecule has 0 spiro atoms. The Morgan fingerprint density at radius 2 is 1.45 bits per heavy atom. The third-order valence-corrected chi connectivity index (χ3v) is 7.53. The van der Waals surface area contributed by atoms with Crippen LogP contribution in [-0.4, -0.2) is 61.0 Å². The molecule has 0 radical (unpaired) electrons. The molecule has 6 heteroatoms. The Kier molecular flexibility index (Phi) is 7.77. The van der Waals surface area contributed by atoms with Crippen molar-refractivity contribution in [3.05, 3.63) is 30.3 Å². The van der Waals surface area contributed by atoms with Crippen molar-refractivity contribution in [1.29, 1.82) is 0 Å². The van der Waals surface area contributed by atoms with E-state index in [1.807, 2.05) is 0 Å². The second-order valence-corrected chi connectivity index (χ2v) is 9.69. The van der Waals surface area contributed by atoms with Crippen LogP contribution in [0.3, 0.4) is 0 Å². The van der Waals surface area contributed by atoms with Gasteiger partial charge in [-0.1, -0.05) is 18.2 Å². The van der Waals surface area contributed by atoms with Gasteiger partial charge in [-0.3, -0.25) is 4.90 Å². The molecule has 4 aliphatic carbocycles. The molecule has 0 aromatic heterocycles. The molecule has 1 atom stereocenters. The molecule has 1 aromatic carbocycles. The van der Waals surface area contributed by atoms with Crippen molar-refractivity contribution >= 4 is 30.5 Å². The summed E-state index contributed by atoms with van der Waals surface area (Å²) in [6.45, 7) is 5.37. The zero-order valence-electron chi connectivity index (χ0n) is 17.2. The predicted molar refractivity (Wildman–Crippen MR) is 122 cm³/mol. The van der Waals surface area contributed by atoms with Gasteiger partial charge < -0.3 is 14.7 Å². The van der Waals surface area contributed by atoms with E-state index in [0.717, 1.165) is 50.5 Å². The molecule has 1 unspecified atom stereocenters. The van der Waals surface area contributed by atoms with Gasteiger partial charge >= 0.3 is 0 Å². The minimum absolute atomic E-state index is 0. The third-order valence-electron chi connectivity index (χ3n) is 7.53. The minimum atomic E-state index is -0.360. The van der Waals surface area contributed by atoms with Crippen LogP contribution in [0.5, 0.6) is 0 Å². The molecule has 5 aliphatic rings. The fourth-order valence-electron chi connectivity index (χ4n) is 6.66. The zero-order valence-corrected chi connectivity index (χ0v) is 18.9. The van der Waals surface area contributed by atoms with Crippen molar-refractivity contribution in [3.63, 3.8) is 0 Å². The Hall–Kier alpha value is -0.520. The Balaban J connectivity index is 0.00000120. The molecule has 4 bridgehead atoms. The molecule has 1 aromatic rings. The van der Waals surface area contributed by atoms with Crippen LogP contribution in [0.15, 0.2) is 30.3 Å². The smallest absolute Gasteiger partial charge is 0.0900 e. The van der Waals surface area contributed by atoms with Gasteiger partial charge in [-0.15, -0.1) is 24.8 Å². The van der Waals surface area contributed by atoms with E-state index in [4.69, 9.17) is 4.74 Å². The summed E-state index contributed by atoms with van der Waals surface area (Å²) < 4.78 is 6.45. The van der Waals surface area contributed by atoms with Crippen LogP contribution in [-0.2, 0) is 4.74 Å². The Bertz CT molecular complexity index is 602. The summed E-state index contributed by atoms with van der Waals surface area (Å²) in [6, 6.07) is 10.6. The molecule has 164 valence electrons. The van der Waals surface area contributed by atoms with Crippen molar-refractivity contribution in [1.82, 2.24) is 4.90 Å². The lowest BCUT2D eigenvalue weighted by atomic mass is 9.54. The van der Waals surface area contributed by atoms with Crippen molar-refractivity contribution < 1.29 is 9.84 Å². The first-order valence-electron chi connectivity index (χ1n) is 11.0. The van der Waals surface area contributed by atoms with E-state index in [9.17, 15) is 5.11 Å². The molecule has 1 heterocycles. The van der Waals surface area contributed by atoms with Gasteiger partial charge in [0.25, 0.3) is 0 Å². The maximum atomic E-state index is 10.6. The fourth-order valence-corrected chi connectivity index (χ4v) is 6.66. The third kappa shape index (κ3) is 5.22. The van der Waals surface area contributed by atoms with Crippen molar-refractivity contribution in [2.24, 2.45) is 17.8 Å². The van der Waals surface area contributed by atoms with Gasteiger partial charge in [0.1, 0.15) is 0 Å². The SMILES string of the molecule is Cl.Cl.OC(COC12CC3CC(CC(C3)C1)C2)CN1CCN(c2ccccc2)CC1. The van der Waals surface area contributed by atoms with Gasteiger partial charge in [0.05, 0.1) is 18.3 Å². The molecule has 1 saturated heterocycles. The van der Waals surface area contributed by atoms with Gasteiger partial charge in [0, 0.05) is 38.4 Å². The maximum absolute atomic E-state index is 10.6. The summed E-state index contributed by atoms with van der Waals surface area (Å²) >= 11 is 0. The number of anilines is 1. The monoisotopic (exact) mass is 442 g/mol. The van der Waals surface area contributed by atoms with E-state index >= 15 is 0 Å². The first kappa shape index (κ1) is 23.1. The number of rotatable bonds is 6. The van der Waals surface area contributed by atoms with E-state index in [1.54, 1.807) is 0 Å². The first-order chi connectivity index (χ1) is 13.2.